The Bertz CT molecular complexity index is 260. The Morgan fingerprint density at radius 2 is 2.06 bits per heavy atom. The highest BCUT2D eigenvalue weighted by molar-refractivity contribution is 5.08. The quantitative estimate of drug-likeness (QED) is 0.799. The van der Waals surface area contributed by atoms with Gasteiger partial charge in [-0.15, -0.1) is 0 Å². The Hall–Kier alpha value is -0.120. The minimum absolute atomic E-state index is 0.117. The molecule has 4 unspecified atom stereocenters. The van der Waals surface area contributed by atoms with Gasteiger partial charge in [0.05, 0.1) is 19.3 Å². The van der Waals surface area contributed by atoms with Crippen molar-refractivity contribution in [3.05, 3.63) is 0 Å². The second-order valence-corrected chi connectivity index (χ2v) is 5.59. The first-order valence-corrected chi connectivity index (χ1v) is 6.73. The molecule has 0 aromatic rings. The van der Waals surface area contributed by atoms with Crippen molar-refractivity contribution in [3.8, 4) is 0 Å². The summed E-state index contributed by atoms with van der Waals surface area (Å²) in [5, 5.41) is 10.1. The van der Waals surface area contributed by atoms with E-state index >= 15 is 0 Å². The van der Waals surface area contributed by atoms with Gasteiger partial charge in [-0.1, -0.05) is 19.8 Å². The molecule has 0 bridgehead atoms. The molecular formula is C13H22O3. The average molecular weight is 226 g/mol. The summed E-state index contributed by atoms with van der Waals surface area (Å²) in [7, 11) is 0. The molecule has 1 heterocycles. The summed E-state index contributed by atoms with van der Waals surface area (Å²) in [6, 6.07) is 0. The number of aliphatic hydroxyl groups is 1. The van der Waals surface area contributed by atoms with Gasteiger partial charge in [0.1, 0.15) is 0 Å². The van der Waals surface area contributed by atoms with Crippen LogP contribution in [0.2, 0.25) is 0 Å². The highest BCUT2D eigenvalue weighted by Crippen LogP contribution is 2.60. The highest BCUT2D eigenvalue weighted by Gasteiger charge is 2.64. The van der Waals surface area contributed by atoms with Crippen molar-refractivity contribution in [1.82, 2.24) is 0 Å². The van der Waals surface area contributed by atoms with Crippen LogP contribution in [0.5, 0.6) is 0 Å². The van der Waals surface area contributed by atoms with Crippen LogP contribution in [-0.2, 0) is 9.47 Å². The minimum atomic E-state index is -0.285. The van der Waals surface area contributed by atoms with Crippen molar-refractivity contribution >= 4 is 0 Å². The Morgan fingerprint density at radius 3 is 2.75 bits per heavy atom. The molecule has 2 aliphatic carbocycles. The zero-order valence-electron chi connectivity index (χ0n) is 10.0. The van der Waals surface area contributed by atoms with Crippen LogP contribution in [0.25, 0.3) is 0 Å². The molecule has 3 aliphatic rings. The molecule has 0 aromatic heterocycles. The zero-order chi connectivity index (χ0) is 11.2. The van der Waals surface area contributed by atoms with E-state index < -0.39 is 0 Å². The van der Waals surface area contributed by atoms with Gasteiger partial charge in [-0.2, -0.15) is 0 Å². The first-order chi connectivity index (χ1) is 7.77. The monoisotopic (exact) mass is 226 g/mol. The van der Waals surface area contributed by atoms with Crippen molar-refractivity contribution < 1.29 is 14.6 Å². The number of fused-ring (bicyclic) bond motifs is 2. The molecule has 3 rings (SSSR count). The van der Waals surface area contributed by atoms with Gasteiger partial charge in [-0.3, -0.25) is 0 Å². The molecule has 0 radical (unpaired) electrons. The van der Waals surface area contributed by atoms with Gasteiger partial charge >= 0.3 is 0 Å². The Kier molecular flexibility index (Phi) is 2.73. The number of rotatable bonds is 3. The molecule has 16 heavy (non-hydrogen) atoms. The van der Waals surface area contributed by atoms with Crippen molar-refractivity contribution in [2.75, 3.05) is 13.2 Å². The average Bonchev–Trinajstić information content (AvgIpc) is 2.83. The third-order valence-electron chi connectivity index (χ3n) is 4.81. The molecule has 3 heteroatoms. The summed E-state index contributed by atoms with van der Waals surface area (Å²) in [5.74, 6) is 1.34. The first-order valence-electron chi connectivity index (χ1n) is 6.73. The summed E-state index contributed by atoms with van der Waals surface area (Å²) >= 11 is 0. The molecule has 1 aliphatic heterocycles. The lowest BCUT2D eigenvalue weighted by atomic mass is 9.66. The summed E-state index contributed by atoms with van der Waals surface area (Å²) in [5.41, 5.74) is 0. The van der Waals surface area contributed by atoms with Crippen LogP contribution in [0.15, 0.2) is 0 Å². The van der Waals surface area contributed by atoms with Gasteiger partial charge in [0, 0.05) is 12.3 Å². The fraction of sp³-hybridized carbons (Fsp3) is 1.00. The lowest BCUT2D eigenvalue weighted by Crippen LogP contribution is -2.53. The van der Waals surface area contributed by atoms with Gasteiger partial charge < -0.3 is 14.6 Å². The molecule has 92 valence electrons. The van der Waals surface area contributed by atoms with Crippen molar-refractivity contribution in [1.29, 1.82) is 0 Å². The molecule has 0 aromatic carbocycles. The predicted molar refractivity (Wildman–Crippen MR) is 59.9 cm³/mol. The smallest absolute Gasteiger partial charge is 0.171 e. The summed E-state index contributed by atoms with van der Waals surface area (Å²) in [4.78, 5) is 0. The predicted octanol–water partition coefficient (Wildman–Crippen LogP) is 1.94. The lowest BCUT2D eigenvalue weighted by molar-refractivity contribution is -0.272. The van der Waals surface area contributed by atoms with Crippen LogP contribution in [0.4, 0.5) is 0 Å². The number of ether oxygens (including phenoxy) is 2. The molecule has 1 spiro atoms. The van der Waals surface area contributed by atoms with Crippen molar-refractivity contribution in [3.63, 3.8) is 0 Å². The molecule has 1 N–H and O–H groups in total. The topological polar surface area (TPSA) is 38.7 Å². The van der Waals surface area contributed by atoms with Gasteiger partial charge in [0.15, 0.2) is 5.79 Å². The van der Waals surface area contributed by atoms with E-state index in [1.807, 2.05) is 0 Å². The molecule has 1 saturated heterocycles. The van der Waals surface area contributed by atoms with Crippen molar-refractivity contribution in [2.45, 2.75) is 50.9 Å². The maximum absolute atomic E-state index is 10.1. The third-order valence-corrected chi connectivity index (χ3v) is 4.81. The SMILES string of the molecule is CCCCC1C(O)CC2C1CC21OCCO1. The van der Waals surface area contributed by atoms with Crippen molar-refractivity contribution in [2.24, 2.45) is 17.8 Å². The summed E-state index contributed by atoms with van der Waals surface area (Å²) < 4.78 is 11.5. The maximum Gasteiger partial charge on any atom is 0.171 e. The third kappa shape index (κ3) is 1.45. The minimum Gasteiger partial charge on any atom is -0.393 e. The van der Waals surface area contributed by atoms with E-state index in [0.717, 1.165) is 26.1 Å². The van der Waals surface area contributed by atoms with Crippen LogP contribution >= 0.6 is 0 Å². The van der Waals surface area contributed by atoms with Crippen LogP contribution in [0, 0.1) is 17.8 Å². The number of aliphatic hydroxyl groups excluding tert-OH is 1. The number of hydrogen-bond acceptors (Lipinski definition) is 3. The zero-order valence-corrected chi connectivity index (χ0v) is 10.0. The molecule has 0 amide bonds. The van der Waals surface area contributed by atoms with Gasteiger partial charge in [0.2, 0.25) is 0 Å². The summed E-state index contributed by atoms with van der Waals surface area (Å²) in [6.07, 6.45) is 5.42. The van der Waals surface area contributed by atoms with E-state index in [2.05, 4.69) is 6.92 Å². The van der Waals surface area contributed by atoms with E-state index in [4.69, 9.17) is 9.47 Å². The Labute approximate surface area is 97.1 Å². The van der Waals surface area contributed by atoms with E-state index in [1.165, 1.54) is 19.3 Å². The van der Waals surface area contributed by atoms with E-state index in [9.17, 15) is 5.11 Å². The Balaban J connectivity index is 1.65. The van der Waals surface area contributed by atoms with E-state index in [1.54, 1.807) is 0 Å². The normalized spacial score (nSPS) is 44.6. The van der Waals surface area contributed by atoms with Gasteiger partial charge in [-0.25, -0.2) is 0 Å². The first kappa shape index (κ1) is 11.0. The molecular weight excluding hydrogens is 204 g/mol. The van der Waals surface area contributed by atoms with Crippen LogP contribution < -0.4 is 0 Å². The second-order valence-electron chi connectivity index (χ2n) is 5.59. The number of hydrogen-bond donors (Lipinski definition) is 1. The van der Waals surface area contributed by atoms with Crippen LogP contribution in [0.1, 0.15) is 39.0 Å². The van der Waals surface area contributed by atoms with Gasteiger partial charge in [0.25, 0.3) is 0 Å². The second kappa shape index (κ2) is 3.97. The molecule has 3 fully saturated rings. The fourth-order valence-corrected chi connectivity index (χ4v) is 3.96. The van der Waals surface area contributed by atoms with E-state index in [-0.39, 0.29) is 11.9 Å². The number of unbranched alkanes of at least 4 members (excludes halogenated alkanes) is 1. The highest BCUT2D eigenvalue weighted by atomic mass is 16.7. The van der Waals surface area contributed by atoms with Crippen LogP contribution in [-0.4, -0.2) is 30.2 Å². The maximum atomic E-state index is 10.1. The fourth-order valence-electron chi connectivity index (χ4n) is 3.96. The standard InChI is InChI=1S/C13H22O3/c1-2-3-4-9-10-8-13(15-5-6-16-13)11(10)7-12(9)14/h9-12,14H,2-8H2,1H3. The van der Waals surface area contributed by atoms with Crippen LogP contribution in [0.3, 0.4) is 0 Å². The Morgan fingerprint density at radius 1 is 1.31 bits per heavy atom. The van der Waals surface area contributed by atoms with E-state index in [0.29, 0.717) is 17.8 Å². The largest absolute Gasteiger partial charge is 0.393 e. The molecule has 2 saturated carbocycles. The molecule has 4 atom stereocenters. The molecule has 3 nitrogen and oxygen atoms in total. The lowest BCUT2D eigenvalue weighted by Gasteiger charge is -2.49. The summed E-state index contributed by atoms with van der Waals surface area (Å²) in [6.45, 7) is 3.68. The van der Waals surface area contributed by atoms with Gasteiger partial charge in [-0.05, 0) is 24.7 Å².